The first-order valence-electron chi connectivity index (χ1n) is 7.21. The van der Waals surface area contributed by atoms with Crippen molar-refractivity contribution in [3.05, 3.63) is 90.1 Å². The van der Waals surface area contributed by atoms with E-state index >= 15 is 0 Å². The molecule has 3 aromatic rings. The highest BCUT2D eigenvalue weighted by atomic mass is 32.2. The zero-order valence-corrected chi connectivity index (χ0v) is 13.2. The molecule has 0 fully saturated rings. The van der Waals surface area contributed by atoms with Gasteiger partial charge in [-0.05, 0) is 29.3 Å². The summed E-state index contributed by atoms with van der Waals surface area (Å²) in [6.45, 7) is 0. The molecule has 0 bridgehead atoms. The molecule has 0 spiro atoms. The fraction of sp³-hybridized carbons (Fsp3) is 0.0556. The van der Waals surface area contributed by atoms with E-state index in [9.17, 15) is 8.42 Å². The predicted molar refractivity (Wildman–Crippen MR) is 90.7 cm³/mol. The molecule has 4 nitrogen and oxygen atoms in total. The van der Waals surface area contributed by atoms with Crippen LogP contribution in [0.4, 0.5) is 5.82 Å². The highest BCUT2D eigenvalue weighted by Crippen LogP contribution is 2.20. The number of hydrogen-bond donors (Lipinski definition) is 1. The van der Waals surface area contributed by atoms with Gasteiger partial charge in [-0.3, -0.25) is 4.72 Å². The van der Waals surface area contributed by atoms with Gasteiger partial charge < -0.3 is 0 Å². The molecule has 0 radical (unpaired) electrons. The zero-order chi connectivity index (χ0) is 16.1. The number of nitrogens with zero attached hydrogens (tertiary/aromatic N) is 1. The van der Waals surface area contributed by atoms with E-state index in [1.807, 2.05) is 36.4 Å². The fourth-order valence-electron chi connectivity index (χ4n) is 2.27. The molecule has 0 saturated heterocycles. The van der Waals surface area contributed by atoms with Crippen molar-refractivity contribution in [1.82, 2.24) is 4.98 Å². The molecule has 1 heterocycles. The second-order valence-corrected chi connectivity index (χ2v) is 6.77. The van der Waals surface area contributed by atoms with Gasteiger partial charge in [-0.25, -0.2) is 13.4 Å². The van der Waals surface area contributed by atoms with Crippen LogP contribution in [-0.2, 0) is 16.4 Å². The number of sulfonamides is 1. The summed E-state index contributed by atoms with van der Waals surface area (Å²) in [5.41, 5.74) is 1.93. The largest absolute Gasteiger partial charge is 0.263 e. The molecular weight excluding hydrogens is 308 g/mol. The number of pyridine rings is 1. The lowest BCUT2D eigenvalue weighted by Gasteiger charge is -2.11. The molecule has 23 heavy (non-hydrogen) atoms. The molecule has 0 amide bonds. The summed E-state index contributed by atoms with van der Waals surface area (Å²) in [6, 6.07) is 21.8. The minimum absolute atomic E-state index is 0.219. The standard InChI is InChI=1S/C18H16N2O2S/c21-23(22,17-11-5-2-6-12-17)20-18-16(10-7-13-19-18)14-15-8-3-1-4-9-15/h1-13H,14H2,(H,19,20). The Hall–Kier alpha value is -2.66. The third-order valence-corrected chi connectivity index (χ3v) is 4.77. The zero-order valence-electron chi connectivity index (χ0n) is 12.4. The Morgan fingerprint density at radius 3 is 2.17 bits per heavy atom. The van der Waals surface area contributed by atoms with Gasteiger partial charge in [0.1, 0.15) is 5.82 Å². The van der Waals surface area contributed by atoms with Crippen LogP contribution < -0.4 is 4.72 Å². The molecule has 2 aromatic carbocycles. The van der Waals surface area contributed by atoms with Gasteiger partial charge in [0, 0.05) is 12.6 Å². The van der Waals surface area contributed by atoms with E-state index in [1.165, 1.54) is 0 Å². The lowest BCUT2D eigenvalue weighted by atomic mass is 10.1. The third kappa shape index (κ3) is 3.76. The highest BCUT2D eigenvalue weighted by Gasteiger charge is 2.16. The number of aromatic nitrogens is 1. The van der Waals surface area contributed by atoms with Gasteiger partial charge in [0.25, 0.3) is 10.0 Å². The summed E-state index contributed by atoms with van der Waals surface area (Å²) >= 11 is 0. The van der Waals surface area contributed by atoms with Gasteiger partial charge in [0.05, 0.1) is 4.90 Å². The van der Waals surface area contributed by atoms with Gasteiger partial charge in [-0.1, -0.05) is 54.6 Å². The van der Waals surface area contributed by atoms with Gasteiger partial charge >= 0.3 is 0 Å². The van der Waals surface area contributed by atoms with Crippen molar-refractivity contribution in [2.24, 2.45) is 0 Å². The Balaban J connectivity index is 1.89. The average Bonchev–Trinajstić information content (AvgIpc) is 2.58. The van der Waals surface area contributed by atoms with Crippen molar-refractivity contribution in [1.29, 1.82) is 0 Å². The molecule has 1 aromatic heterocycles. The van der Waals surface area contributed by atoms with E-state index in [-0.39, 0.29) is 4.90 Å². The smallest absolute Gasteiger partial charge is 0.263 e. The number of benzene rings is 2. The quantitative estimate of drug-likeness (QED) is 0.782. The molecule has 5 heteroatoms. The minimum Gasteiger partial charge on any atom is -0.263 e. The van der Waals surface area contributed by atoms with Gasteiger partial charge in [0.2, 0.25) is 0 Å². The van der Waals surface area contributed by atoms with Gasteiger partial charge in [-0.15, -0.1) is 0 Å². The molecule has 0 unspecified atom stereocenters. The van der Waals surface area contributed by atoms with Gasteiger partial charge in [-0.2, -0.15) is 0 Å². The van der Waals surface area contributed by atoms with Crippen LogP contribution in [0.1, 0.15) is 11.1 Å². The number of rotatable bonds is 5. The first-order valence-corrected chi connectivity index (χ1v) is 8.69. The molecule has 0 aliphatic heterocycles. The second kappa shape index (κ2) is 6.62. The molecule has 0 atom stereocenters. The van der Waals surface area contributed by atoms with E-state index in [1.54, 1.807) is 42.6 Å². The number of nitrogens with one attached hydrogen (secondary N) is 1. The lowest BCUT2D eigenvalue weighted by molar-refractivity contribution is 0.601. The van der Waals surface area contributed by atoms with Crippen molar-refractivity contribution in [3.8, 4) is 0 Å². The van der Waals surface area contributed by atoms with E-state index in [2.05, 4.69) is 9.71 Å². The first-order chi connectivity index (χ1) is 11.1. The summed E-state index contributed by atoms with van der Waals surface area (Å²) in [4.78, 5) is 4.41. The van der Waals surface area contributed by atoms with E-state index in [0.29, 0.717) is 12.2 Å². The van der Waals surface area contributed by atoms with Crippen LogP contribution in [0.25, 0.3) is 0 Å². The van der Waals surface area contributed by atoms with Crippen molar-refractivity contribution >= 4 is 15.8 Å². The second-order valence-electron chi connectivity index (χ2n) is 5.09. The summed E-state index contributed by atoms with van der Waals surface area (Å²) in [6.07, 6.45) is 2.19. The summed E-state index contributed by atoms with van der Waals surface area (Å²) in [5, 5.41) is 0. The highest BCUT2D eigenvalue weighted by molar-refractivity contribution is 7.92. The normalized spacial score (nSPS) is 11.1. The predicted octanol–water partition coefficient (Wildman–Crippen LogP) is 3.47. The van der Waals surface area contributed by atoms with Crippen LogP contribution in [0.3, 0.4) is 0 Å². The molecule has 0 aliphatic carbocycles. The minimum atomic E-state index is -3.64. The Morgan fingerprint density at radius 2 is 1.48 bits per heavy atom. The Morgan fingerprint density at radius 1 is 0.826 bits per heavy atom. The van der Waals surface area contributed by atoms with Crippen molar-refractivity contribution in [2.45, 2.75) is 11.3 Å². The fourth-order valence-corrected chi connectivity index (χ4v) is 3.35. The number of anilines is 1. The van der Waals surface area contributed by atoms with Crippen molar-refractivity contribution in [2.75, 3.05) is 4.72 Å². The maximum Gasteiger partial charge on any atom is 0.263 e. The van der Waals surface area contributed by atoms with Crippen LogP contribution in [0.2, 0.25) is 0 Å². The van der Waals surface area contributed by atoms with Crippen LogP contribution in [0.15, 0.2) is 83.9 Å². The summed E-state index contributed by atoms with van der Waals surface area (Å²) < 4.78 is 27.5. The van der Waals surface area contributed by atoms with Gasteiger partial charge in [0.15, 0.2) is 0 Å². The number of hydrogen-bond acceptors (Lipinski definition) is 3. The summed E-state index contributed by atoms with van der Waals surface area (Å²) in [5.74, 6) is 0.361. The SMILES string of the molecule is O=S(=O)(Nc1ncccc1Cc1ccccc1)c1ccccc1. The van der Waals surface area contributed by atoms with Crippen LogP contribution in [0.5, 0.6) is 0 Å². The lowest BCUT2D eigenvalue weighted by Crippen LogP contribution is -2.15. The topological polar surface area (TPSA) is 59.1 Å². The van der Waals surface area contributed by atoms with Crippen LogP contribution in [0, 0.1) is 0 Å². The Labute approximate surface area is 135 Å². The summed E-state index contributed by atoms with van der Waals surface area (Å²) in [7, 11) is -3.64. The Kier molecular flexibility index (Phi) is 4.39. The van der Waals surface area contributed by atoms with E-state index in [0.717, 1.165) is 11.1 Å². The maximum absolute atomic E-state index is 12.5. The molecule has 1 N–H and O–H groups in total. The molecule has 0 aliphatic rings. The van der Waals surface area contributed by atoms with E-state index < -0.39 is 10.0 Å². The first kappa shape index (κ1) is 15.2. The van der Waals surface area contributed by atoms with Crippen LogP contribution >= 0.6 is 0 Å². The van der Waals surface area contributed by atoms with Crippen molar-refractivity contribution in [3.63, 3.8) is 0 Å². The third-order valence-electron chi connectivity index (χ3n) is 3.41. The molecule has 3 rings (SSSR count). The molecule has 116 valence electrons. The average molecular weight is 324 g/mol. The van der Waals surface area contributed by atoms with Crippen molar-refractivity contribution < 1.29 is 8.42 Å². The Bertz CT molecular complexity index is 879. The maximum atomic E-state index is 12.5. The monoisotopic (exact) mass is 324 g/mol. The van der Waals surface area contributed by atoms with E-state index in [4.69, 9.17) is 0 Å². The molecule has 0 saturated carbocycles. The molecular formula is C18H16N2O2S. The van der Waals surface area contributed by atoms with Crippen LogP contribution in [-0.4, -0.2) is 13.4 Å².